The Morgan fingerprint density at radius 2 is 1.81 bits per heavy atom. The minimum absolute atomic E-state index is 0.155. The number of aromatic nitrogens is 2. The van der Waals surface area contributed by atoms with Gasteiger partial charge in [-0.2, -0.15) is 0 Å². The molecule has 0 fully saturated rings. The second kappa shape index (κ2) is 10.1. The van der Waals surface area contributed by atoms with Crippen molar-refractivity contribution in [2.75, 3.05) is 6.54 Å². The van der Waals surface area contributed by atoms with Crippen LogP contribution < -0.4 is 10.6 Å². The van der Waals surface area contributed by atoms with E-state index in [4.69, 9.17) is 0 Å². The molecule has 0 aliphatic carbocycles. The Balaban J connectivity index is 1.38. The van der Waals surface area contributed by atoms with Crippen molar-refractivity contribution in [3.63, 3.8) is 0 Å². The summed E-state index contributed by atoms with van der Waals surface area (Å²) >= 11 is 0. The summed E-state index contributed by atoms with van der Waals surface area (Å²) in [6.45, 7) is 2.29. The summed E-state index contributed by atoms with van der Waals surface area (Å²) in [6.07, 6.45) is 6.01. The molecule has 0 saturated heterocycles. The fourth-order valence-electron chi connectivity index (χ4n) is 4.47. The first kappa shape index (κ1) is 24.1. The molecule has 3 N–H and O–H groups in total. The number of H-pyrrole nitrogens is 1. The molecular formula is C30H27FN4O2. The van der Waals surface area contributed by atoms with E-state index in [0.717, 1.165) is 33.0 Å². The zero-order valence-electron chi connectivity index (χ0n) is 20.6. The molecule has 0 unspecified atom stereocenters. The van der Waals surface area contributed by atoms with E-state index in [1.54, 1.807) is 24.3 Å². The average molecular weight is 495 g/mol. The number of para-hydroxylation sites is 1. The van der Waals surface area contributed by atoms with Crippen molar-refractivity contribution in [2.45, 2.75) is 13.3 Å². The molecule has 2 amide bonds. The Kier molecular flexibility index (Phi) is 6.60. The number of rotatable bonds is 7. The molecule has 7 heteroatoms. The third-order valence-electron chi connectivity index (χ3n) is 6.44. The third-order valence-corrected chi connectivity index (χ3v) is 6.44. The van der Waals surface area contributed by atoms with Gasteiger partial charge in [0.2, 0.25) is 0 Å². The maximum Gasteiger partial charge on any atom is 0.267 e. The number of amides is 2. The maximum atomic E-state index is 13.5. The van der Waals surface area contributed by atoms with Gasteiger partial charge in [0, 0.05) is 58.9 Å². The number of fused-ring (bicyclic) bond motifs is 2. The summed E-state index contributed by atoms with van der Waals surface area (Å²) in [5.74, 6) is -1.05. The van der Waals surface area contributed by atoms with Crippen LogP contribution in [0.15, 0.2) is 84.8 Å². The van der Waals surface area contributed by atoms with Gasteiger partial charge in [0.25, 0.3) is 11.8 Å². The highest BCUT2D eigenvalue weighted by atomic mass is 19.1. The van der Waals surface area contributed by atoms with E-state index in [1.807, 2.05) is 67.3 Å². The van der Waals surface area contributed by atoms with Crippen molar-refractivity contribution in [1.29, 1.82) is 0 Å². The molecule has 0 bridgehead atoms. The molecule has 6 nitrogen and oxygen atoms in total. The Hall–Kier alpha value is -4.65. The van der Waals surface area contributed by atoms with Gasteiger partial charge in [-0.25, -0.2) is 4.39 Å². The first-order chi connectivity index (χ1) is 17.9. The number of halogens is 1. The number of hydrogen-bond donors (Lipinski definition) is 3. The van der Waals surface area contributed by atoms with Gasteiger partial charge >= 0.3 is 0 Å². The van der Waals surface area contributed by atoms with Gasteiger partial charge in [-0.3, -0.25) is 9.59 Å². The zero-order valence-corrected chi connectivity index (χ0v) is 20.6. The van der Waals surface area contributed by atoms with Crippen molar-refractivity contribution in [1.82, 2.24) is 20.2 Å². The van der Waals surface area contributed by atoms with Gasteiger partial charge in [-0.15, -0.1) is 0 Å². The SMILES string of the molecule is Cc1ccc(C(=O)N/C(=C\c2cn(C)c3ccccc23)C(=O)NCCc2c[nH]c3cc(F)ccc23)cc1. The number of carbonyl (C=O) groups is 2. The van der Waals surface area contributed by atoms with E-state index >= 15 is 0 Å². The Bertz CT molecular complexity index is 1640. The summed E-state index contributed by atoms with van der Waals surface area (Å²) in [4.78, 5) is 29.3. The van der Waals surface area contributed by atoms with E-state index in [0.29, 0.717) is 24.0 Å². The van der Waals surface area contributed by atoms with Crippen molar-refractivity contribution < 1.29 is 14.0 Å². The van der Waals surface area contributed by atoms with Crippen molar-refractivity contribution in [2.24, 2.45) is 7.05 Å². The summed E-state index contributed by atoms with van der Waals surface area (Å²) in [6, 6.07) is 19.7. The minimum atomic E-state index is -0.390. The highest BCUT2D eigenvalue weighted by molar-refractivity contribution is 6.06. The first-order valence-corrected chi connectivity index (χ1v) is 12.1. The van der Waals surface area contributed by atoms with Crippen LogP contribution in [0, 0.1) is 12.7 Å². The molecule has 5 aromatic rings. The highest BCUT2D eigenvalue weighted by Gasteiger charge is 2.16. The van der Waals surface area contributed by atoms with E-state index in [9.17, 15) is 14.0 Å². The second-order valence-corrected chi connectivity index (χ2v) is 9.10. The van der Waals surface area contributed by atoms with Crippen molar-refractivity contribution >= 4 is 39.7 Å². The van der Waals surface area contributed by atoms with Gasteiger partial charge < -0.3 is 20.2 Å². The molecule has 0 saturated carbocycles. The number of nitrogens with zero attached hydrogens (tertiary/aromatic N) is 1. The number of aryl methyl sites for hydroxylation is 2. The molecule has 0 atom stereocenters. The molecule has 3 aromatic carbocycles. The summed E-state index contributed by atoms with van der Waals surface area (Å²) < 4.78 is 15.5. The molecule has 5 rings (SSSR count). The molecule has 2 aromatic heterocycles. The lowest BCUT2D eigenvalue weighted by Crippen LogP contribution is -2.35. The molecule has 37 heavy (non-hydrogen) atoms. The highest BCUT2D eigenvalue weighted by Crippen LogP contribution is 2.23. The predicted octanol–water partition coefficient (Wildman–Crippen LogP) is 5.24. The topological polar surface area (TPSA) is 78.9 Å². The molecule has 186 valence electrons. The van der Waals surface area contributed by atoms with Crippen LogP contribution in [-0.4, -0.2) is 27.9 Å². The smallest absolute Gasteiger partial charge is 0.267 e. The molecule has 0 radical (unpaired) electrons. The van der Waals surface area contributed by atoms with Crippen LogP contribution in [0.2, 0.25) is 0 Å². The fraction of sp³-hybridized carbons (Fsp3) is 0.133. The number of carbonyl (C=O) groups excluding carboxylic acids is 2. The minimum Gasteiger partial charge on any atom is -0.361 e. The molecule has 0 aliphatic rings. The van der Waals surface area contributed by atoms with E-state index in [-0.39, 0.29) is 23.3 Å². The summed E-state index contributed by atoms with van der Waals surface area (Å²) in [5.41, 5.74) is 5.19. The molecule has 0 aliphatic heterocycles. The Morgan fingerprint density at radius 1 is 1.03 bits per heavy atom. The second-order valence-electron chi connectivity index (χ2n) is 9.10. The Morgan fingerprint density at radius 3 is 2.62 bits per heavy atom. The monoisotopic (exact) mass is 494 g/mol. The standard InChI is InChI=1S/C30H27FN4O2/c1-19-7-9-20(10-8-19)29(36)34-27(15-22-18-35(2)28-6-4-3-5-25(22)28)30(37)32-14-13-21-17-33-26-16-23(31)11-12-24(21)26/h3-12,15-18,33H,13-14H2,1-2H3,(H,32,37)(H,34,36)/b27-15-. The van der Waals surface area contributed by atoms with Crippen LogP contribution in [0.25, 0.3) is 27.9 Å². The van der Waals surface area contributed by atoms with Crippen LogP contribution >= 0.6 is 0 Å². The van der Waals surface area contributed by atoms with Crippen molar-refractivity contribution in [3.8, 4) is 0 Å². The Labute approximate surface area is 213 Å². The largest absolute Gasteiger partial charge is 0.361 e. The van der Waals surface area contributed by atoms with Crippen LogP contribution in [0.1, 0.15) is 27.0 Å². The van der Waals surface area contributed by atoms with Crippen LogP contribution in [0.5, 0.6) is 0 Å². The number of aromatic amines is 1. The number of nitrogens with one attached hydrogen (secondary N) is 3. The van der Waals surface area contributed by atoms with Gasteiger partial charge in [0.05, 0.1) is 0 Å². The van der Waals surface area contributed by atoms with E-state index < -0.39 is 0 Å². The van der Waals surface area contributed by atoms with Crippen molar-refractivity contribution in [3.05, 3.63) is 113 Å². The van der Waals surface area contributed by atoms with Crippen LogP contribution in [0.4, 0.5) is 4.39 Å². The average Bonchev–Trinajstić information content (AvgIpc) is 3.44. The number of benzene rings is 3. The van der Waals surface area contributed by atoms with Crippen LogP contribution in [0.3, 0.4) is 0 Å². The van der Waals surface area contributed by atoms with Crippen LogP contribution in [-0.2, 0) is 18.3 Å². The van der Waals surface area contributed by atoms with Gasteiger partial charge in [-0.1, -0.05) is 35.9 Å². The third kappa shape index (κ3) is 5.16. The van der Waals surface area contributed by atoms with Gasteiger partial charge in [0.15, 0.2) is 0 Å². The molecule has 0 spiro atoms. The van der Waals surface area contributed by atoms with Gasteiger partial charge in [0.1, 0.15) is 11.5 Å². The lowest BCUT2D eigenvalue weighted by molar-refractivity contribution is -0.117. The lowest BCUT2D eigenvalue weighted by Gasteiger charge is -2.11. The summed E-state index contributed by atoms with van der Waals surface area (Å²) in [5, 5.41) is 7.62. The predicted molar refractivity (Wildman–Crippen MR) is 145 cm³/mol. The zero-order chi connectivity index (χ0) is 25.9. The quantitative estimate of drug-likeness (QED) is 0.271. The lowest BCUT2D eigenvalue weighted by atomic mass is 10.1. The number of hydrogen-bond acceptors (Lipinski definition) is 2. The van der Waals surface area contributed by atoms with Gasteiger partial charge in [-0.05, 0) is 61.4 Å². The normalized spacial score (nSPS) is 11.7. The maximum absolute atomic E-state index is 13.5. The fourth-order valence-corrected chi connectivity index (χ4v) is 4.47. The van der Waals surface area contributed by atoms with E-state index in [1.165, 1.54) is 12.1 Å². The summed E-state index contributed by atoms with van der Waals surface area (Å²) in [7, 11) is 1.94. The first-order valence-electron chi connectivity index (χ1n) is 12.1. The molecular weight excluding hydrogens is 467 g/mol. The van der Waals surface area contributed by atoms with E-state index in [2.05, 4.69) is 15.6 Å². The molecule has 2 heterocycles.